The number of likely N-dealkylation sites (N-methyl/N-ethyl adjacent to an activating group) is 1. The van der Waals surface area contributed by atoms with E-state index in [0.717, 1.165) is 42.9 Å². The van der Waals surface area contributed by atoms with Crippen molar-refractivity contribution in [1.82, 2.24) is 4.90 Å². The van der Waals surface area contributed by atoms with Crippen LogP contribution in [-0.4, -0.2) is 31.1 Å². The lowest BCUT2D eigenvalue weighted by Crippen LogP contribution is -2.38. The van der Waals surface area contributed by atoms with Crippen LogP contribution in [0.1, 0.15) is 30.5 Å². The minimum absolute atomic E-state index is 0.680. The molecule has 0 spiro atoms. The number of para-hydroxylation sites is 2. The van der Waals surface area contributed by atoms with E-state index in [9.17, 15) is 0 Å². The highest BCUT2D eigenvalue weighted by molar-refractivity contribution is 6.29. The van der Waals surface area contributed by atoms with Crippen molar-refractivity contribution >= 4 is 23.0 Å². The monoisotopic (exact) mass is 390 g/mol. The molecule has 3 aromatic rings. The van der Waals surface area contributed by atoms with Gasteiger partial charge in [-0.1, -0.05) is 80.6 Å². The summed E-state index contributed by atoms with van der Waals surface area (Å²) in [5, 5.41) is 0. The molecule has 0 fully saturated rings. The number of rotatable bonds is 6. The lowest BCUT2D eigenvalue weighted by molar-refractivity contribution is 0.312. The van der Waals surface area contributed by atoms with Crippen LogP contribution in [0, 0.1) is 0 Å². The minimum Gasteiger partial charge on any atom is -0.340 e. The molecule has 1 aliphatic heterocycles. The van der Waals surface area contributed by atoms with Crippen LogP contribution in [0.4, 0.5) is 11.4 Å². The van der Waals surface area contributed by atoms with Gasteiger partial charge in [0.1, 0.15) is 4.87 Å². The summed E-state index contributed by atoms with van der Waals surface area (Å²) in [6.07, 6.45) is 0. The highest BCUT2D eigenvalue weighted by atomic mass is 35.5. The molecule has 0 aromatic heterocycles. The molecule has 3 heteroatoms. The Bertz CT molecular complexity index is 887. The topological polar surface area (TPSA) is 6.48 Å². The fraction of sp³-hybridized carbons (Fsp3) is 0.280. The average molecular weight is 391 g/mol. The number of hydrogen-bond donors (Lipinski definition) is 0. The fourth-order valence-electron chi connectivity index (χ4n) is 4.28. The Morgan fingerprint density at radius 2 is 1.25 bits per heavy atom. The van der Waals surface area contributed by atoms with Gasteiger partial charge in [-0.25, -0.2) is 0 Å². The molecule has 0 bridgehead atoms. The van der Waals surface area contributed by atoms with E-state index in [-0.39, 0.29) is 0 Å². The van der Waals surface area contributed by atoms with Gasteiger partial charge in [-0.3, -0.25) is 0 Å². The van der Waals surface area contributed by atoms with Gasteiger partial charge in [0.25, 0.3) is 0 Å². The standard InChI is InChI=1S/C25H27ClN2/c1-3-27(4-2)18-19-28-23-16-10-8-14-21(23)25(26,20-12-6-5-7-13-20)22-15-9-11-17-24(22)28/h5-17H,3-4,18-19H2,1-2H3. The summed E-state index contributed by atoms with van der Waals surface area (Å²) < 4.78 is 0. The van der Waals surface area contributed by atoms with E-state index in [2.05, 4.69) is 96.4 Å². The first-order chi connectivity index (χ1) is 13.7. The first-order valence-electron chi connectivity index (χ1n) is 10.1. The number of hydrogen-bond acceptors (Lipinski definition) is 2. The Morgan fingerprint density at radius 3 is 1.79 bits per heavy atom. The number of benzene rings is 3. The molecule has 0 atom stereocenters. The predicted octanol–water partition coefficient (Wildman–Crippen LogP) is 6.01. The maximum Gasteiger partial charge on any atom is 0.123 e. The molecule has 0 radical (unpaired) electrons. The van der Waals surface area contributed by atoms with E-state index in [1.165, 1.54) is 11.4 Å². The lowest BCUT2D eigenvalue weighted by atomic mass is 9.79. The third kappa shape index (κ3) is 3.11. The third-order valence-electron chi connectivity index (χ3n) is 5.84. The second kappa shape index (κ2) is 7.98. The quantitative estimate of drug-likeness (QED) is 0.475. The van der Waals surface area contributed by atoms with Gasteiger partial charge in [-0.05, 0) is 30.8 Å². The molecule has 0 unspecified atom stereocenters. The third-order valence-corrected chi connectivity index (χ3v) is 6.46. The van der Waals surface area contributed by atoms with Gasteiger partial charge >= 0.3 is 0 Å². The SMILES string of the molecule is CCN(CC)CCN1c2ccccc2C(Cl)(c2ccccc2)c2ccccc21. The van der Waals surface area contributed by atoms with Gasteiger partial charge in [-0.15, -0.1) is 11.6 Å². The Hall–Kier alpha value is -2.29. The molecule has 0 N–H and O–H groups in total. The lowest BCUT2D eigenvalue weighted by Gasteiger charge is -2.43. The van der Waals surface area contributed by atoms with Crippen molar-refractivity contribution in [2.45, 2.75) is 18.7 Å². The summed E-state index contributed by atoms with van der Waals surface area (Å²) in [6.45, 7) is 8.55. The zero-order valence-corrected chi connectivity index (χ0v) is 17.4. The average Bonchev–Trinajstić information content (AvgIpc) is 2.77. The minimum atomic E-state index is -0.680. The van der Waals surface area contributed by atoms with E-state index < -0.39 is 4.87 Å². The molecule has 1 aliphatic rings. The van der Waals surface area contributed by atoms with E-state index in [1.54, 1.807) is 0 Å². The summed E-state index contributed by atoms with van der Waals surface area (Å²) in [4.78, 5) is 4.22. The number of anilines is 2. The van der Waals surface area contributed by atoms with Crippen molar-refractivity contribution in [1.29, 1.82) is 0 Å². The molecule has 0 amide bonds. The molecule has 28 heavy (non-hydrogen) atoms. The van der Waals surface area contributed by atoms with E-state index in [1.807, 2.05) is 6.07 Å². The van der Waals surface area contributed by atoms with Crippen LogP contribution in [0.2, 0.25) is 0 Å². The van der Waals surface area contributed by atoms with E-state index >= 15 is 0 Å². The van der Waals surface area contributed by atoms with Crippen molar-refractivity contribution in [3.8, 4) is 0 Å². The smallest absolute Gasteiger partial charge is 0.123 e. The van der Waals surface area contributed by atoms with Crippen molar-refractivity contribution in [2.75, 3.05) is 31.1 Å². The summed E-state index contributed by atoms with van der Waals surface area (Å²) in [6, 6.07) is 27.6. The number of alkyl halides is 1. The first-order valence-corrected chi connectivity index (χ1v) is 10.5. The van der Waals surface area contributed by atoms with Gasteiger partial charge < -0.3 is 9.80 Å². The number of halogens is 1. The molecule has 4 rings (SSSR count). The summed E-state index contributed by atoms with van der Waals surface area (Å²) in [5.74, 6) is 0. The molecule has 3 aromatic carbocycles. The first kappa shape index (κ1) is 19.0. The van der Waals surface area contributed by atoms with Crippen molar-refractivity contribution < 1.29 is 0 Å². The fourth-order valence-corrected chi connectivity index (χ4v) is 4.72. The molecule has 144 valence electrons. The van der Waals surface area contributed by atoms with Crippen LogP contribution < -0.4 is 4.90 Å². The zero-order chi connectivity index (χ0) is 19.6. The number of fused-ring (bicyclic) bond motifs is 2. The van der Waals surface area contributed by atoms with Crippen molar-refractivity contribution in [2.24, 2.45) is 0 Å². The maximum absolute atomic E-state index is 7.51. The molecule has 0 saturated heterocycles. The van der Waals surface area contributed by atoms with Crippen LogP contribution >= 0.6 is 11.6 Å². The van der Waals surface area contributed by atoms with Gasteiger partial charge in [0.05, 0.1) is 0 Å². The second-order valence-electron chi connectivity index (χ2n) is 7.24. The summed E-state index contributed by atoms with van der Waals surface area (Å²) >= 11 is 7.51. The normalized spacial score (nSPS) is 14.6. The summed E-state index contributed by atoms with van der Waals surface area (Å²) in [7, 11) is 0. The van der Waals surface area contributed by atoms with Crippen molar-refractivity contribution in [3.05, 3.63) is 95.6 Å². The van der Waals surface area contributed by atoms with Gasteiger partial charge in [-0.2, -0.15) is 0 Å². The molecule has 0 aliphatic carbocycles. The van der Waals surface area contributed by atoms with Gasteiger partial charge in [0, 0.05) is 35.6 Å². The second-order valence-corrected chi connectivity index (χ2v) is 7.80. The highest BCUT2D eigenvalue weighted by Crippen LogP contribution is 2.54. The summed E-state index contributed by atoms with van der Waals surface area (Å²) in [5.41, 5.74) is 5.82. The van der Waals surface area contributed by atoms with E-state index in [0.29, 0.717) is 0 Å². The molecular weight excluding hydrogens is 364 g/mol. The molecular formula is C25H27ClN2. The Labute approximate surface area is 173 Å². The largest absolute Gasteiger partial charge is 0.340 e. The van der Waals surface area contributed by atoms with Crippen LogP contribution in [0.25, 0.3) is 0 Å². The molecule has 2 nitrogen and oxygen atoms in total. The molecule has 0 saturated carbocycles. The Kier molecular flexibility index (Phi) is 5.43. The van der Waals surface area contributed by atoms with Crippen LogP contribution in [0.3, 0.4) is 0 Å². The highest BCUT2D eigenvalue weighted by Gasteiger charge is 2.42. The molecule has 1 heterocycles. The predicted molar refractivity (Wildman–Crippen MR) is 120 cm³/mol. The van der Waals surface area contributed by atoms with Crippen molar-refractivity contribution in [3.63, 3.8) is 0 Å². The maximum atomic E-state index is 7.51. The van der Waals surface area contributed by atoms with Crippen LogP contribution in [0.15, 0.2) is 78.9 Å². The Morgan fingerprint density at radius 1 is 0.750 bits per heavy atom. The van der Waals surface area contributed by atoms with E-state index in [4.69, 9.17) is 11.6 Å². The van der Waals surface area contributed by atoms with Gasteiger partial charge in [0.15, 0.2) is 0 Å². The Balaban J connectivity index is 1.87. The van der Waals surface area contributed by atoms with Crippen LogP contribution in [0.5, 0.6) is 0 Å². The van der Waals surface area contributed by atoms with Crippen LogP contribution in [-0.2, 0) is 4.87 Å². The zero-order valence-electron chi connectivity index (χ0n) is 16.6. The van der Waals surface area contributed by atoms with Gasteiger partial charge in [0.2, 0.25) is 0 Å². The number of nitrogens with zero attached hydrogens (tertiary/aromatic N) is 2.